The second-order valence-electron chi connectivity index (χ2n) is 6.51. The van der Waals surface area contributed by atoms with Crippen LogP contribution in [0.2, 0.25) is 0 Å². The van der Waals surface area contributed by atoms with Crippen LogP contribution in [0.3, 0.4) is 0 Å². The Labute approximate surface area is 178 Å². The number of sulfonamides is 1. The lowest BCUT2D eigenvalue weighted by Crippen LogP contribution is -2.39. The van der Waals surface area contributed by atoms with Crippen molar-refractivity contribution in [3.05, 3.63) is 76.8 Å². The smallest absolute Gasteiger partial charge is 0.260 e. The van der Waals surface area contributed by atoms with Crippen LogP contribution >= 0.6 is 15.9 Å². The molecule has 3 rings (SSSR count). The topological polar surface area (TPSA) is 78.8 Å². The van der Waals surface area contributed by atoms with E-state index in [1.165, 1.54) is 0 Å². The Kier molecular flexibility index (Phi) is 6.34. The number of amides is 1. The molecule has 0 radical (unpaired) electrons. The summed E-state index contributed by atoms with van der Waals surface area (Å²) in [5, 5.41) is 5.74. The lowest BCUT2D eigenvalue weighted by Gasteiger charge is -2.23. The number of hydrazone groups is 1. The number of hydrogen-bond acceptors (Lipinski definition) is 4. The number of fused-ring (bicyclic) bond motifs is 1. The lowest BCUT2D eigenvalue weighted by molar-refractivity contribution is -0.119. The zero-order chi connectivity index (χ0) is 21.0. The van der Waals surface area contributed by atoms with E-state index in [4.69, 9.17) is 0 Å². The number of hydrogen-bond donors (Lipinski definition) is 1. The molecular weight excluding hydrogens is 454 g/mol. The fourth-order valence-corrected chi connectivity index (χ4v) is 4.16. The Hall–Kier alpha value is -2.71. The highest BCUT2D eigenvalue weighted by molar-refractivity contribution is 9.10. The van der Waals surface area contributed by atoms with Crippen molar-refractivity contribution in [2.45, 2.75) is 6.92 Å². The quantitative estimate of drug-likeness (QED) is 0.435. The maximum Gasteiger partial charge on any atom is 0.260 e. The summed E-state index contributed by atoms with van der Waals surface area (Å²) in [5.74, 6) is -0.530. The van der Waals surface area contributed by atoms with Gasteiger partial charge < -0.3 is 0 Å². The average molecular weight is 474 g/mol. The third-order valence-electron chi connectivity index (χ3n) is 4.31. The van der Waals surface area contributed by atoms with Crippen LogP contribution < -0.4 is 9.73 Å². The highest BCUT2D eigenvalue weighted by Crippen LogP contribution is 2.28. The Balaban J connectivity index is 1.84. The van der Waals surface area contributed by atoms with Gasteiger partial charge in [0, 0.05) is 9.86 Å². The predicted molar refractivity (Wildman–Crippen MR) is 121 cm³/mol. The van der Waals surface area contributed by atoms with Crippen LogP contribution in [-0.4, -0.2) is 32.8 Å². The van der Waals surface area contributed by atoms with Gasteiger partial charge >= 0.3 is 0 Å². The molecule has 1 N–H and O–H groups in total. The van der Waals surface area contributed by atoms with Gasteiger partial charge in [0.05, 0.1) is 17.7 Å². The van der Waals surface area contributed by atoms with Gasteiger partial charge in [-0.1, -0.05) is 64.5 Å². The van der Waals surface area contributed by atoms with E-state index >= 15 is 0 Å². The van der Waals surface area contributed by atoms with Crippen LogP contribution in [0.1, 0.15) is 12.5 Å². The van der Waals surface area contributed by atoms with E-state index in [1.807, 2.05) is 54.6 Å². The minimum Gasteiger partial charge on any atom is -0.271 e. The molecular formula is C21H20BrN3O3S. The van der Waals surface area contributed by atoms with Crippen molar-refractivity contribution in [1.82, 2.24) is 5.43 Å². The average Bonchev–Trinajstić information content (AvgIpc) is 2.69. The van der Waals surface area contributed by atoms with Gasteiger partial charge in [0.1, 0.15) is 6.54 Å². The molecule has 0 fully saturated rings. The summed E-state index contributed by atoms with van der Waals surface area (Å²) in [6.45, 7) is 1.39. The highest BCUT2D eigenvalue weighted by Gasteiger charge is 2.22. The molecule has 6 nitrogen and oxygen atoms in total. The van der Waals surface area contributed by atoms with Gasteiger partial charge in [-0.2, -0.15) is 5.10 Å². The van der Waals surface area contributed by atoms with Crippen molar-refractivity contribution in [3.63, 3.8) is 0 Å². The van der Waals surface area contributed by atoms with E-state index in [0.717, 1.165) is 31.4 Å². The van der Waals surface area contributed by atoms with Crippen LogP contribution in [0.4, 0.5) is 5.69 Å². The molecule has 29 heavy (non-hydrogen) atoms. The normalized spacial score (nSPS) is 12.0. The van der Waals surface area contributed by atoms with E-state index in [2.05, 4.69) is 26.5 Å². The van der Waals surface area contributed by atoms with Crippen molar-refractivity contribution in [3.8, 4) is 0 Å². The summed E-state index contributed by atoms with van der Waals surface area (Å²) in [7, 11) is -3.68. The van der Waals surface area contributed by atoms with Crippen molar-refractivity contribution in [1.29, 1.82) is 0 Å². The molecule has 150 valence electrons. The van der Waals surface area contributed by atoms with E-state index in [0.29, 0.717) is 11.4 Å². The summed E-state index contributed by atoms with van der Waals surface area (Å²) >= 11 is 3.39. The number of rotatable bonds is 6. The molecule has 0 spiro atoms. The Bertz CT molecular complexity index is 1190. The molecule has 0 atom stereocenters. The fraction of sp³-hybridized carbons (Fsp3) is 0.143. The second kappa shape index (κ2) is 8.75. The number of nitrogens with one attached hydrogen (secondary N) is 1. The first kappa shape index (κ1) is 21.0. The molecule has 0 bridgehead atoms. The van der Waals surface area contributed by atoms with Gasteiger partial charge in [0.2, 0.25) is 10.0 Å². The van der Waals surface area contributed by atoms with Crippen LogP contribution in [-0.2, 0) is 14.8 Å². The van der Waals surface area contributed by atoms with E-state index in [-0.39, 0.29) is 6.54 Å². The van der Waals surface area contributed by atoms with Crippen LogP contribution in [0.25, 0.3) is 10.8 Å². The maximum atomic E-state index is 12.5. The number of nitrogens with zero attached hydrogens (tertiary/aromatic N) is 2. The number of anilines is 1. The number of benzene rings is 3. The molecule has 1 amide bonds. The molecule has 8 heteroatoms. The van der Waals surface area contributed by atoms with Gasteiger partial charge in [-0.05, 0) is 36.1 Å². The minimum absolute atomic E-state index is 0.373. The van der Waals surface area contributed by atoms with E-state index in [9.17, 15) is 13.2 Å². The molecule has 0 aliphatic carbocycles. The SMILES string of the molecule is C/C(=N/NC(=O)CN(c1cccc2ccccc12)S(C)(=O)=O)c1cccc(Br)c1. The van der Waals surface area contributed by atoms with E-state index < -0.39 is 15.9 Å². The van der Waals surface area contributed by atoms with Crippen LogP contribution in [0.15, 0.2) is 76.3 Å². The summed E-state index contributed by atoms with van der Waals surface area (Å²) in [5.41, 5.74) is 4.35. The van der Waals surface area contributed by atoms with Crippen molar-refractivity contribution < 1.29 is 13.2 Å². The highest BCUT2D eigenvalue weighted by atomic mass is 79.9. The van der Waals surface area contributed by atoms with Gasteiger partial charge in [0.25, 0.3) is 5.91 Å². The standard InChI is InChI=1S/C21H20BrN3O3S/c1-15(17-9-5-10-18(22)13-17)23-24-21(26)14-25(29(2,27)28)20-12-6-8-16-7-3-4-11-19(16)20/h3-13H,14H2,1-2H3,(H,24,26)/b23-15-. The molecule has 0 aliphatic heterocycles. The van der Waals surface area contributed by atoms with Gasteiger partial charge in [-0.15, -0.1) is 0 Å². The maximum absolute atomic E-state index is 12.5. The molecule has 3 aromatic carbocycles. The van der Waals surface area contributed by atoms with Crippen molar-refractivity contribution >= 4 is 54.0 Å². The second-order valence-corrected chi connectivity index (χ2v) is 9.33. The van der Waals surface area contributed by atoms with Gasteiger partial charge in [-0.3, -0.25) is 9.10 Å². The first-order chi connectivity index (χ1) is 13.8. The third kappa shape index (κ3) is 5.21. The van der Waals surface area contributed by atoms with Gasteiger partial charge in [-0.25, -0.2) is 13.8 Å². The Morgan fingerprint density at radius 3 is 2.48 bits per heavy atom. The molecule has 0 aromatic heterocycles. The first-order valence-electron chi connectivity index (χ1n) is 8.80. The molecule has 0 saturated heterocycles. The molecule has 0 heterocycles. The van der Waals surface area contributed by atoms with E-state index in [1.54, 1.807) is 19.1 Å². The third-order valence-corrected chi connectivity index (χ3v) is 5.93. The molecule has 3 aromatic rings. The molecule has 0 unspecified atom stereocenters. The van der Waals surface area contributed by atoms with Gasteiger partial charge in [0.15, 0.2) is 0 Å². The zero-order valence-corrected chi connectivity index (χ0v) is 18.4. The zero-order valence-electron chi connectivity index (χ0n) is 16.0. The summed E-state index contributed by atoms with van der Waals surface area (Å²) < 4.78 is 26.8. The summed E-state index contributed by atoms with van der Waals surface area (Å²) in [6.07, 6.45) is 1.08. The fourth-order valence-electron chi connectivity index (χ4n) is 2.90. The Morgan fingerprint density at radius 1 is 1.07 bits per heavy atom. The summed E-state index contributed by atoms with van der Waals surface area (Å²) in [6, 6.07) is 20.3. The summed E-state index contributed by atoms with van der Waals surface area (Å²) in [4.78, 5) is 12.5. The van der Waals surface area contributed by atoms with Crippen LogP contribution in [0, 0.1) is 0 Å². The monoisotopic (exact) mass is 473 g/mol. The lowest BCUT2D eigenvalue weighted by atomic mass is 10.1. The Morgan fingerprint density at radius 2 is 1.76 bits per heavy atom. The molecule has 0 aliphatic rings. The number of carbonyl (C=O) groups excluding carboxylic acids is 1. The minimum atomic E-state index is -3.68. The largest absolute Gasteiger partial charge is 0.271 e. The van der Waals surface area contributed by atoms with Crippen molar-refractivity contribution in [2.24, 2.45) is 5.10 Å². The first-order valence-corrected chi connectivity index (χ1v) is 11.4. The van der Waals surface area contributed by atoms with Crippen molar-refractivity contribution in [2.75, 3.05) is 17.1 Å². The van der Waals surface area contributed by atoms with Crippen LogP contribution in [0.5, 0.6) is 0 Å². The number of halogens is 1. The predicted octanol–water partition coefficient (Wildman–Crippen LogP) is 3.91. The molecule has 0 saturated carbocycles. The number of carbonyl (C=O) groups is 1.